The zero-order valence-electron chi connectivity index (χ0n) is 16.4. The Morgan fingerprint density at radius 2 is 1.77 bits per heavy atom. The van der Waals surface area contributed by atoms with E-state index in [4.69, 9.17) is 4.98 Å². The predicted octanol–water partition coefficient (Wildman–Crippen LogP) is 3.92. The van der Waals surface area contributed by atoms with Crippen molar-refractivity contribution in [3.8, 4) is 11.5 Å². The molecule has 0 aliphatic carbocycles. The van der Waals surface area contributed by atoms with Gasteiger partial charge in [0.1, 0.15) is 5.69 Å². The molecule has 3 heterocycles. The third-order valence-electron chi connectivity index (χ3n) is 5.48. The third-order valence-corrected chi connectivity index (χ3v) is 5.48. The van der Waals surface area contributed by atoms with Gasteiger partial charge in [0.15, 0.2) is 5.82 Å². The Morgan fingerprint density at radius 1 is 0.967 bits per heavy atom. The number of hydrogen-bond donors (Lipinski definition) is 2. The molecule has 0 unspecified atom stereocenters. The highest BCUT2D eigenvalue weighted by atomic mass is 16.4. The fraction of sp³-hybridized carbons (Fsp3) is 0.174. The summed E-state index contributed by atoms with van der Waals surface area (Å²) >= 11 is 0. The third kappa shape index (κ3) is 2.67. The number of rotatable bonds is 5. The van der Waals surface area contributed by atoms with Crippen LogP contribution in [0, 0.1) is 0 Å². The molecule has 30 heavy (non-hydrogen) atoms. The van der Waals surface area contributed by atoms with Crippen molar-refractivity contribution in [2.45, 2.75) is 20.0 Å². The lowest BCUT2D eigenvalue weighted by Crippen LogP contribution is -2.05. The Kier molecular flexibility index (Phi) is 4.25. The van der Waals surface area contributed by atoms with Crippen molar-refractivity contribution in [2.24, 2.45) is 0 Å². The summed E-state index contributed by atoms with van der Waals surface area (Å²) in [6.07, 6.45) is 0. The van der Waals surface area contributed by atoms with Crippen molar-refractivity contribution in [3.05, 3.63) is 60.2 Å². The Hall–Kier alpha value is -3.71. The molecule has 0 aliphatic rings. The van der Waals surface area contributed by atoms with Crippen LogP contribution in [0.2, 0.25) is 0 Å². The van der Waals surface area contributed by atoms with E-state index in [-0.39, 0.29) is 12.2 Å². The second kappa shape index (κ2) is 6.96. The van der Waals surface area contributed by atoms with Crippen LogP contribution in [-0.4, -0.2) is 41.9 Å². The van der Waals surface area contributed by atoms with Gasteiger partial charge in [0.25, 0.3) is 0 Å². The summed E-state index contributed by atoms with van der Waals surface area (Å²) in [5, 5.41) is 20.0. The molecule has 5 rings (SSSR count). The first-order valence-electron chi connectivity index (χ1n) is 9.85. The average Bonchev–Trinajstić information content (AvgIpc) is 3.28. The van der Waals surface area contributed by atoms with Crippen molar-refractivity contribution in [3.63, 3.8) is 0 Å². The molecule has 7 heteroatoms. The normalized spacial score (nSPS) is 11.7. The van der Waals surface area contributed by atoms with Crippen molar-refractivity contribution in [1.29, 1.82) is 0 Å². The van der Waals surface area contributed by atoms with Gasteiger partial charge in [-0.25, -0.2) is 14.8 Å². The van der Waals surface area contributed by atoms with Crippen molar-refractivity contribution in [1.82, 2.24) is 19.1 Å². The summed E-state index contributed by atoms with van der Waals surface area (Å²) < 4.78 is 4.12. The summed E-state index contributed by atoms with van der Waals surface area (Å²) in [6, 6.07) is 17.0. The molecule has 0 saturated carbocycles. The predicted molar refractivity (Wildman–Crippen MR) is 116 cm³/mol. The van der Waals surface area contributed by atoms with Gasteiger partial charge in [0.05, 0.1) is 39.8 Å². The summed E-state index contributed by atoms with van der Waals surface area (Å²) in [6.45, 7) is 3.23. The number of aliphatic hydroxyl groups excluding tert-OH is 1. The van der Waals surface area contributed by atoms with E-state index in [1.54, 1.807) is 18.2 Å². The minimum absolute atomic E-state index is 0.0590. The number of fused-ring (bicyclic) bond motifs is 4. The van der Waals surface area contributed by atoms with E-state index in [9.17, 15) is 15.0 Å². The lowest BCUT2D eigenvalue weighted by molar-refractivity contribution is 0.0697. The number of pyridine rings is 1. The highest BCUT2D eigenvalue weighted by Crippen LogP contribution is 2.31. The van der Waals surface area contributed by atoms with E-state index in [1.807, 2.05) is 28.8 Å². The standard InChI is InChI=1S/C23H20N4O3/c1-2-26-18-6-4-3-5-15(18)21-20(26)10-8-16(24-21)22-25-17-13-14(23(29)30)7-9-19(17)27(22)11-12-28/h3-10,13,28H,2,11-12H2,1H3,(H,29,30). The molecule has 0 atom stereocenters. The summed E-state index contributed by atoms with van der Waals surface area (Å²) in [5.74, 6) is -0.390. The average molecular weight is 400 g/mol. The first-order chi connectivity index (χ1) is 14.6. The maximum atomic E-state index is 11.3. The molecule has 7 nitrogen and oxygen atoms in total. The Bertz CT molecular complexity index is 1430. The Morgan fingerprint density at radius 3 is 2.53 bits per heavy atom. The summed E-state index contributed by atoms with van der Waals surface area (Å²) in [7, 11) is 0. The summed E-state index contributed by atoms with van der Waals surface area (Å²) in [4.78, 5) is 21.0. The smallest absolute Gasteiger partial charge is 0.335 e. The second-order valence-corrected chi connectivity index (χ2v) is 7.14. The molecule has 0 saturated heterocycles. The molecule has 0 aliphatic heterocycles. The monoisotopic (exact) mass is 400 g/mol. The van der Waals surface area contributed by atoms with Gasteiger partial charge in [-0.3, -0.25) is 0 Å². The van der Waals surface area contributed by atoms with E-state index >= 15 is 0 Å². The molecule has 5 aromatic rings. The van der Waals surface area contributed by atoms with Crippen LogP contribution in [-0.2, 0) is 13.1 Å². The number of benzene rings is 2. The number of aryl methyl sites for hydroxylation is 1. The van der Waals surface area contributed by atoms with Crippen LogP contribution in [0.3, 0.4) is 0 Å². The molecule has 2 N–H and O–H groups in total. The fourth-order valence-corrected chi connectivity index (χ4v) is 4.16. The van der Waals surface area contributed by atoms with Crippen LogP contribution in [0.25, 0.3) is 44.5 Å². The number of aromatic nitrogens is 4. The zero-order chi connectivity index (χ0) is 20.8. The molecule has 0 bridgehead atoms. The van der Waals surface area contributed by atoms with Crippen LogP contribution in [0.4, 0.5) is 0 Å². The lowest BCUT2D eigenvalue weighted by Gasteiger charge is -2.08. The first-order valence-corrected chi connectivity index (χ1v) is 9.85. The van der Waals surface area contributed by atoms with Crippen LogP contribution in [0.15, 0.2) is 54.6 Å². The largest absolute Gasteiger partial charge is 0.478 e. The lowest BCUT2D eigenvalue weighted by atomic mass is 10.2. The molecular weight excluding hydrogens is 380 g/mol. The summed E-state index contributed by atoms with van der Waals surface area (Å²) in [5.41, 5.74) is 5.28. The van der Waals surface area contributed by atoms with Gasteiger partial charge in [0.2, 0.25) is 0 Å². The minimum atomic E-state index is -0.998. The van der Waals surface area contributed by atoms with Gasteiger partial charge in [0, 0.05) is 18.5 Å². The highest BCUT2D eigenvalue weighted by Gasteiger charge is 2.18. The second-order valence-electron chi connectivity index (χ2n) is 7.14. The van der Waals surface area contributed by atoms with E-state index < -0.39 is 5.97 Å². The molecule has 0 fully saturated rings. The maximum Gasteiger partial charge on any atom is 0.335 e. The number of hydrogen-bond acceptors (Lipinski definition) is 4. The SMILES string of the molecule is CCn1c2ccccc2c2nc(-c3nc4cc(C(=O)O)ccc4n3CCO)ccc21. The van der Waals surface area contributed by atoms with Gasteiger partial charge in [-0.15, -0.1) is 0 Å². The van der Waals surface area contributed by atoms with Gasteiger partial charge in [-0.2, -0.15) is 0 Å². The van der Waals surface area contributed by atoms with Crippen LogP contribution in [0.1, 0.15) is 17.3 Å². The fourth-order valence-electron chi connectivity index (χ4n) is 4.16. The Balaban J connectivity index is 1.77. The molecule has 3 aromatic heterocycles. The van der Waals surface area contributed by atoms with Gasteiger partial charge in [-0.05, 0) is 43.3 Å². The Labute approximate surface area is 171 Å². The number of aliphatic hydroxyl groups is 1. The maximum absolute atomic E-state index is 11.3. The van der Waals surface area contributed by atoms with E-state index in [2.05, 4.69) is 28.6 Å². The zero-order valence-corrected chi connectivity index (χ0v) is 16.4. The van der Waals surface area contributed by atoms with Crippen LogP contribution in [0.5, 0.6) is 0 Å². The van der Waals surface area contributed by atoms with Crippen LogP contribution >= 0.6 is 0 Å². The molecule has 0 radical (unpaired) electrons. The number of carboxylic acid groups (broad SMARTS) is 1. The van der Waals surface area contributed by atoms with Gasteiger partial charge >= 0.3 is 5.97 Å². The van der Waals surface area contributed by atoms with Crippen molar-refractivity contribution in [2.75, 3.05) is 6.61 Å². The minimum Gasteiger partial charge on any atom is -0.478 e. The van der Waals surface area contributed by atoms with Crippen LogP contribution < -0.4 is 0 Å². The van der Waals surface area contributed by atoms with E-state index in [0.29, 0.717) is 23.6 Å². The topological polar surface area (TPSA) is 93.2 Å². The number of carbonyl (C=O) groups is 1. The van der Waals surface area contributed by atoms with Crippen molar-refractivity contribution < 1.29 is 15.0 Å². The van der Waals surface area contributed by atoms with Gasteiger partial charge in [-0.1, -0.05) is 18.2 Å². The quantitative estimate of drug-likeness (QED) is 0.466. The number of carboxylic acids is 1. The molecule has 0 amide bonds. The molecule has 150 valence electrons. The van der Waals surface area contributed by atoms with Crippen molar-refractivity contribution >= 4 is 38.9 Å². The van der Waals surface area contributed by atoms with E-state index in [1.165, 1.54) is 0 Å². The number of nitrogens with zero attached hydrogens (tertiary/aromatic N) is 4. The number of imidazole rings is 1. The molecule has 2 aromatic carbocycles. The number of para-hydroxylation sites is 1. The van der Waals surface area contributed by atoms with Gasteiger partial charge < -0.3 is 19.3 Å². The highest BCUT2D eigenvalue weighted by molar-refractivity contribution is 6.06. The molecular formula is C23H20N4O3. The van der Waals surface area contributed by atoms with E-state index in [0.717, 1.165) is 34.0 Å². The molecule has 0 spiro atoms. The number of aromatic carboxylic acids is 1. The first kappa shape index (κ1) is 18.3.